The summed E-state index contributed by atoms with van der Waals surface area (Å²) in [4.78, 5) is 13.0. The Bertz CT molecular complexity index is 602. The Morgan fingerprint density at radius 2 is 2.17 bits per heavy atom. The average molecular weight is 338 g/mol. The molecular formula is C18H24ClNO3. The first-order valence-electron chi connectivity index (χ1n) is 8.49. The van der Waals surface area contributed by atoms with Crippen LogP contribution in [0, 0.1) is 11.8 Å². The summed E-state index contributed by atoms with van der Waals surface area (Å²) in [5, 5.41) is 4.02. The lowest BCUT2D eigenvalue weighted by Gasteiger charge is -2.30. The van der Waals surface area contributed by atoms with E-state index >= 15 is 0 Å². The molecule has 0 saturated carbocycles. The SMILES string of the molecule is CCCNCCC[C@@H]1C(=O)c2c(c(Cl)cc3c2OCO3)CC1C. The van der Waals surface area contributed by atoms with E-state index in [1.54, 1.807) is 6.07 Å². The summed E-state index contributed by atoms with van der Waals surface area (Å²) in [6, 6.07) is 1.78. The minimum absolute atomic E-state index is 0.0395. The third kappa shape index (κ3) is 3.20. The molecule has 2 atom stereocenters. The van der Waals surface area contributed by atoms with Crippen molar-refractivity contribution >= 4 is 17.4 Å². The summed E-state index contributed by atoms with van der Waals surface area (Å²) in [5.41, 5.74) is 1.59. The highest BCUT2D eigenvalue weighted by atomic mass is 35.5. The lowest BCUT2D eigenvalue weighted by Crippen LogP contribution is -2.31. The van der Waals surface area contributed by atoms with Gasteiger partial charge in [0.25, 0.3) is 0 Å². The van der Waals surface area contributed by atoms with E-state index in [2.05, 4.69) is 19.2 Å². The molecule has 0 bridgehead atoms. The summed E-state index contributed by atoms with van der Waals surface area (Å²) in [5.74, 6) is 1.70. The van der Waals surface area contributed by atoms with Gasteiger partial charge in [0.15, 0.2) is 17.3 Å². The Morgan fingerprint density at radius 3 is 2.96 bits per heavy atom. The number of hydrogen-bond acceptors (Lipinski definition) is 4. The van der Waals surface area contributed by atoms with Crippen LogP contribution in [-0.2, 0) is 6.42 Å². The fraction of sp³-hybridized carbons (Fsp3) is 0.611. The number of carbonyl (C=O) groups is 1. The maximum atomic E-state index is 13.0. The van der Waals surface area contributed by atoms with Gasteiger partial charge in [-0.2, -0.15) is 0 Å². The summed E-state index contributed by atoms with van der Waals surface area (Å²) in [6.07, 6.45) is 3.87. The summed E-state index contributed by atoms with van der Waals surface area (Å²) in [7, 11) is 0. The quantitative estimate of drug-likeness (QED) is 0.801. The van der Waals surface area contributed by atoms with Crippen LogP contribution in [0.1, 0.15) is 49.0 Å². The third-order valence-electron chi connectivity index (χ3n) is 4.81. The summed E-state index contributed by atoms with van der Waals surface area (Å²) >= 11 is 6.37. The molecule has 0 radical (unpaired) electrons. The van der Waals surface area contributed by atoms with Crippen LogP contribution in [0.25, 0.3) is 0 Å². The number of halogens is 1. The first-order chi connectivity index (χ1) is 11.1. The molecule has 1 aromatic rings. The molecule has 0 aromatic heterocycles. The van der Waals surface area contributed by atoms with Gasteiger partial charge in [-0.1, -0.05) is 25.4 Å². The van der Waals surface area contributed by atoms with E-state index in [1.165, 1.54) is 0 Å². The van der Waals surface area contributed by atoms with Crippen LogP contribution in [0.5, 0.6) is 11.5 Å². The van der Waals surface area contributed by atoms with Gasteiger partial charge in [0.05, 0.1) is 5.56 Å². The normalized spacial score (nSPS) is 22.3. The average Bonchev–Trinajstić information content (AvgIpc) is 2.97. The van der Waals surface area contributed by atoms with E-state index < -0.39 is 0 Å². The molecule has 1 aliphatic heterocycles. The Kier molecular flexibility index (Phi) is 5.12. The Balaban J connectivity index is 1.78. The minimum atomic E-state index is 0.0395. The molecule has 0 fully saturated rings. The summed E-state index contributed by atoms with van der Waals surface area (Å²) < 4.78 is 11.0. The number of ether oxygens (including phenoxy) is 2. The van der Waals surface area contributed by atoms with Crippen molar-refractivity contribution in [1.29, 1.82) is 0 Å². The molecule has 126 valence electrons. The molecule has 1 N–H and O–H groups in total. The zero-order valence-electron chi connectivity index (χ0n) is 13.8. The fourth-order valence-corrected chi connectivity index (χ4v) is 3.85. The molecule has 0 saturated heterocycles. The smallest absolute Gasteiger partial charge is 0.231 e. The van der Waals surface area contributed by atoms with E-state index in [-0.39, 0.29) is 18.5 Å². The molecule has 23 heavy (non-hydrogen) atoms. The molecule has 5 heteroatoms. The van der Waals surface area contributed by atoms with Crippen LogP contribution in [0.3, 0.4) is 0 Å². The number of nitrogens with one attached hydrogen (secondary N) is 1. The third-order valence-corrected chi connectivity index (χ3v) is 5.15. The van der Waals surface area contributed by atoms with Gasteiger partial charge >= 0.3 is 0 Å². The van der Waals surface area contributed by atoms with Crippen molar-refractivity contribution in [1.82, 2.24) is 5.32 Å². The second-order valence-electron chi connectivity index (χ2n) is 6.49. The van der Waals surface area contributed by atoms with Crippen molar-refractivity contribution in [2.45, 2.75) is 39.5 Å². The topological polar surface area (TPSA) is 47.6 Å². The van der Waals surface area contributed by atoms with Crippen LogP contribution < -0.4 is 14.8 Å². The number of ketones is 1. The van der Waals surface area contributed by atoms with Gasteiger partial charge < -0.3 is 14.8 Å². The van der Waals surface area contributed by atoms with Crippen LogP contribution in [0.4, 0.5) is 0 Å². The molecule has 0 spiro atoms. The van der Waals surface area contributed by atoms with Crippen molar-refractivity contribution in [3.8, 4) is 11.5 Å². The van der Waals surface area contributed by atoms with E-state index in [4.69, 9.17) is 21.1 Å². The second-order valence-corrected chi connectivity index (χ2v) is 6.90. The molecule has 0 amide bonds. The highest BCUT2D eigenvalue weighted by molar-refractivity contribution is 6.32. The highest BCUT2D eigenvalue weighted by Crippen LogP contribution is 2.47. The molecule has 4 nitrogen and oxygen atoms in total. The number of carbonyl (C=O) groups excluding carboxylic acids is 1. The van der Waals surface area contributed by atoms with Crippen molar-refractivity contribution < 1.29 is 14.3 Å². The monoisotopic (exact) mass is 337 g/mol. The van der Waals surface area contributed by atoms with Gasteiger partial charge in [-0.3, -0.25) is 4.79 Å². The number of benzene rings is 1. The summed E-state index contributed by atoms with van der Waals surface area (Å²) in [6.45, 7) is 6.46. The predicted octanol–water partition coefficient (Wildman–Crippen LogP) is 3.84. The standard InChI is InChI=1S/C18H24ClNO3/c1-3-6-20-7-4-5-12-11(2)8-13-14(19)9-15-18(23-10-22-15)16(13)17(12)21/h9,11-12,20H,3-8,10H2,1-2H3/t11?,12-/m0/s1. The first kappa shape index (κ1) is 16.6. The van der Waals surface area contributed by atoms with Crippen LogP contribution in [-0.4, -0.2) is 25.7 Å². The van der Waals surface area contributed by atoms with Gasteiger partial charge in [0.2, 0.25) is 6.79 Å². The second kappa shape index (κ2) is 7.10. The van der Waals surface area contributed by atoms with Crippen molar-refractivity contribution in [3.63, 3.8) is 0 Å². The van der Waals surface area contributed by atoms with Crippen LogP contribution in [0.15, 0.2) is 6.07 Å². The molecule has 1 heterocycles. The molecule has 2 aliphatic rings. The molecule has 1 aromatic carbocycles. The maximum Gasteiger partial charge on any atom is 0.231 e. The fourth-order valence-electron chi connectivity index (χ4n) is 3.58. The number of Topliss-reactive ketones (excluding diaryl/α,β-unsaturated/α-hetero) is 1. The minimum Gasteiger partial charge on any atom is -0.454 e. The molecule has 3 rings (SSSR count). The van der Waals surface area contributed by atoms with Crippen molar-refractivity contribution in [2.24, 2.45) is 11.8 Å². The Morgan fingerprint density at radius 1 is 1.35 bits per heavy atom. The first-order valence-corrected chi connectivity index (χ1v) is 8.87. The number of fused-ring (bicyclic) bond motifs is 3. The largest absolute Gasteiger partial charge is 0.454 e. The molecule has 1 aliphatic carbocycles. The zero-order valence-corrected chi connectivity index (χ0v) is 14.5. The number of hydrogen-bond donors (Lipinski definition) is 1. The Hall–Kier alpha value is -1.26. The van der Waals surface area contributed by atoms with E-state index in [1.807, 2.05) is 0 Å². The van der Waals surface area contributed by atoms with Gasteiger partial charge in [0, 0.05) is 17.0 Å². The van der Waals surface area contributed by atoms with Gasteiger partial charge in [-0.25, -0.2) is 0 Å². The zero-order chi connectivity index (χ0) is 16.4. The molecule has 1 unspecified atom stereocenters. The molecular weight excluding hydrogens is 314 g/mol. The van der Waals surface area contributed by atoms with Gasteiger partial charge in [0.1, 0.15) is 0 Å². The predicted molar refractivity (Wildman–Crippen MR) is 90.7 cm³/mol. The van der Waals surface area contributed by atoms with E-state index in [0.717, 1.165) is 44.3 Å². The number of rotatable bonds is 6. The van der Waals surface area contributed by atoms with Crippen molar-refractivity contribution in [2.75, 3.05) is 19.9 Å². The van der Waals surface area contributed by atoms with Gasteiger partial charge in [-0.15, -0.1) is 0 Å². The van der Waals surface area contributed by atoms with E-state index in [9.17, 15) is 4.79 Å². The highest BCUT2D eigenvalue weighted by Gasteiger charge is 2.38. The lowest BCUT2D eigenvalue weighted by atomic mass is 9.73. The van der Waals surface area contributed by atoms with Crippen LogP contribution >= 0.6 is 11.6 Å². The van der Waals surface area contributed by atoms with Crippen LogP contribution in [0.2, 0.25) is 5.02 Å². The van der Waals surface area contributed by atoms with Gasteiger partial charge in [-0.05, 0) is 50.3 Å². The lowest BCUT2D eigenvalue weighted by molar-refractivity contribution is 0.0844. The maximum absolute atomic E-state index is 13.0. The van der Waals surface area contributed by atoms with E-state index in [0.29, 0.717) is 28.0 Å². The van der Waals surface area contributed by atoms with Crippen molar-refractivity contribution in [3.05, 3.63) is 22.2 Å². The Labute approximate surface area is 142 Å².